The van der Waals surface area contributed by atoms with E-state index in [2.05, 4.69) is 150 Å². The van der Waals surface area contributed by atoms with Crippen LogP contribution in [0.1, 0.15) is 99.7 Å². The van der Waals surface area contributed by atoms with Gasteiger partial charge in [0.2, 0.25) is 0 Å². The highest BCUT2D eigenvalue weighted by atomic mass is 32.1. The summed E-state index contributed by atoms with van der Waals surface area (Å²) in [5, 5.41) is 2.68. The zero-order chi connectivity index (χ0) is 34.7. The smallest absolute Gasteiger partial charge is 0.0468 e. The van der Waals surface area contributed by atoms with Crippen molar-refractivity contribution in [3.05, 3.63) is 162 Å². The molecule has 0 amide bonds. The largest absolute Gasteiger partial charge is 0.310 e. The Bertz CT molecular complexity index is 2230. The molecule has 260 valence electrons. The van der Waals surface area contributed by atoms with E-state index < -0.39 is 0 Å². The first-order valence-corrected chi connectivity index (χ1v) is 20.7. The molecular formula is C50H49NS. The monoisotopic (exact) mass is 695 g/mol. The molecule has 0 radical (unpaired) electrons. The highest BCUT2D eigenvalue weighted by Crippen LogP contribution is 2.47. The van der Waals surface area contributed by atoms with Crippen molar-refractivity contribution in [3.8, 4) is 11.1 Å². The van der Waals surface area contributed by atoms with Crippen molar-refractivity contribution in [2.75, 3.05) is 4.90 Å². The molecule has 2 heteroatoms. The molecule has 2 aliphatic rings. The van der Waals surface area contributed by atoms with E-state index >= 15 is 0 Å². The molecule has 2 aliphatic carbocycles. The van der Waals surface area contributed by atoms with Crippen LogP contribution in [0.2, 0.25) is 0 Å². The molecular weight excluding hydrogens is 647 g/mol. The van der Waals surface area contributed by atoms with Gasteiger partial charge in [0.25, 0.3) is 0 Å². The van der Waals surface area contributed by atoms with Crippen LogP contribution in [0, 0.1) is 0 Å². The van der Waals surface area contributed by atoms with Crippen LogP contribution in [-0.4, -0.2) is 0 Å². The third-order valence-electron chi connectivity index (χ3n) is 12.3. The van der Waals surface area contributed by atoms with Gasteiger partial charge in [-0.3, -0.25) is 0 Å². The van der Waals surface area contributed by atoms with Crippen LogP contribution in [0.25, 0.3) is 31.3 Å². The SMILES string of the molecule is c1ccc(-c2cccc3sc4ccc(N(c5ccc(C6CCCCC6)cc5)c5ccc(C6(c7ccccc7)CCCCCCC6)cc5)cc4c23)cc1. The van der Waals surface area contributed by atoms with Gasteiger partial charge in [-0.1, -0.05) is 148 Å². The summed E-state index contributed by atoms with van der Waals surface area (Å²) in [5.41, 5.74) is 10.7. The molecule has 1 nitrogen and oxygen atoms in total. The molecule has 0 atom stereocenters. The maximum Gasteiger partial charge on any atom is 0.0468 e. The molecule has 1 aromatic heterocycles. The van der Waals surface area contributed by atoms with E-state index in [4.69, 9.17) is 0 Å². The van der Waals surface area contributed by atoms with Crippen LogP contribution >= 0.6 is 11.3 Å². The van der Waals surface area contributed by atoms with Crippen molar-refractivity contribution in [3.63, 3.8) is 0 Å². The van der Waals surface area contributed by atoms with E-state index in [9.17, 15) is 0 Å². The van der Waals surface area contributed by atoms with Gasteiger partial charge >= 0.3 is 0 Å². The first-order chi connectivity index (χ1) is 25.8. The Morgan fingerprint density at radius 3 is 1.79 bits per heavy atom. The van der Waals surface area contributed by atoms with Crippen molar-refractivity contribution < 1.29 is 0 Å². The lowest BCUT2D eigenvalue weighted by Gasteiger charge is -2.37. The molecule has 2 fully saturated rings. The van der Waals surface area contributed by atoms with E-state index in [-0.39, 0.29) is 5.41 Å². The highest BCUT2D eigenvalue weighted by Gasteiger charge is 2.34. The lowest BCUT2D eigenvalue weighted by atomic mass is 9.67. The van der Waals surface area contributed by atoms with Gasteiger partial charge in [-0.2, -0.15) is 0 Å². The van der Waals surface area contributed by atoms with E-state index in [0.717, 1.165) is 0 Å². The minimum Gasteiger partial charge on any atom is -0.310 e. The molecule has 1 heterocycles. The number of rotatable bonds is 7. The van der Waals surface area contributed by atoms with Crippen molar-refractivity contribution >= 4 is 48.6 Å². The highest BCUT2D eigenvalue weighted by molar-refractivity contribution is 7.26. The fourth-order valence-corrected chi connectivity index (χ4v) is 10.6. The van der Waals surface area contributed by atoms with Gasteiger partial charge < -0.3 is 4.90 Å². The standard InChI is InChI=1S/C50H49NS/c1-2-13-34-50(35-14-3-1,40-20-11-6-12-21-40)41-26-30-43(31-27-41)51(42-28-24-38(25-29-42)37-16-7-4-8-17-37)44-32-33-47-46(36-44)49-45(22-15-23-48(49)52-47)39-18-9-5-10-19-39/h5-6,9-12,15,18-33,36-37H,1-4,7-8,13-14,16-17,34-35H2. The molecule has 52 heavy (non-hydrogen) atoms. The van der Waals surface area contributed by atoms with Gasteiger partial charge in [0.15, 0.2) is 0 Å². The summed E-state index contributed by atoms with van der Waals surface area (Å²) in [4.78, 5) is 2.50. The second-order valence-corrected chi connectivity index (χ2v) is 16.4. The van der Waals surface area contributed by atoms with E-state index in [0.29, 0.717) is 5.92 Å². The van der Waals surface area contributed by atoms with Crippen LogP contribution in [0.3, 0.4) is 0 Å². The summed E-state index contributed by atoms with van der Waals surface area (Å²) < 4.78 is 2.67. The minimum absolute atomic E-state index is 0.0645. The summed E-state index contributed by atoms with van der Waals surface area (Å²) in [5.74, 6) is 0.693. The molecule has 0 bridgehead atoms. The Morgan fingerprint density at radius 2 is 1.08 bits per heavy atom. The first kappa shape index (κ1) is 33.2. The van der Waals surface area contributed by atoms with Crippen molar-refractivity contribution in [2.45, 2.75) is 88.4 Å². The Kier molecular flexibility index (Phi) is 9.42. The Balaban J connectivity index is 1.17. The number of nitrogens with zero attached hydrogens (tertiary/aromatic N) is 1. The van der Waals surface area contributed by atoms with Gasteiger partial charge in [0, 0.05) is 42.6 Å². The van der Waals surface area contributed by atoms with Crippen LogP contribution in [0.4, 0.5) is 17.1 Å². The van der Waals surface area contributed by atoms with Gasteiger partial charge in [-0.05, 0) is 108 Å². The number of anilines is 3. The number of fused-ring (bicyclic) bond motifs is 3. The molecule has 0 N–H and O–H groups in total. The molecule has 0 aliphatic heterocycles. The van der Waals surface area contributed by atoms with Crippen LogP contribution in [-0.2, 0) is 5.41 Å². The molecule has 0 saturated heterocycles. The van der Waals surface area contributed by atoms with Gasteiger partial charge in [-0.25, -0.2) is 0 Å². The molecule has 0 unspecified atom stereocenters. The zero-order valence-electron chi connectivity index (χ0n) is 30.3. The Labute approximate surface area is 314 Å². The average Bonchev–Trinajstić information content (AvgIpc) is 3.58. The third-order valence-corrected chi connectivity index (χ3v) is 13.4. The minimum atomic E-state index is 0.0645. The fourth-order valence-electron chi connectivity index (χ4n) is 9.53. The lowest BCUT2D eigenvalue weighted by molar-refractivity contribution is 0.366. The second kappa shape index (κ2) is 14.8. The number of hydrogen-bond acceptors (Lipinski definition) is 2. The fraction of sp³-hybridized carbons (Fsp3) is 0.280. The summed E-state index contributed by atoms with van der Waals surface area (Å²) in [6.45, 7) is 0. The Morgan fingerprint density at radius 1 is 0.481 bits per heavy atom. The quantitative estimate of drug-likeness (QED) is 0.160. The second-order valence-electron chi connectivity index (χ2n) is 15.4. The van der Waals surface area contributed by atoms with E-state index in [1.807, 2.05) is 11.3 Å². The predicted octanol–water partition coefficient (Wildman–Crippen LogP) is 15.3. The topological polar surface area (TPSA) is 3.24 Å². The van der Waals surface area contributed by atoms with E-state index in [1.54, 1.807) is 0 Å². The van der Waals surface area contributed by atoms with Crippen LogP contribution in [0.5, 0.6) is 0 Å². The molecule has 6 aromatic carbocycles. The predicted molar refractivity (Wildman–Crippen MR) is 225 cm³/mol. The number of hydrogen-bond donors (Lipinski definition) is 0. The van der Waals surface area contributed by atoms with Crippen molar-refractivity contribution in [1.82, 2.24) is 0 Å². The first-order valence-electron chi connectivity index (χ1n) is 19.8. The summed E-state index contributed by atoms with van der Waals surface area (Å²) in [6.07, 6.45) is 15.8. The average molecular weight is 696 g/mol. The van der Waals surface area contributed by atoms with Gasteiger partial charge in [0.05, 0.1) is 0 Å². The van der Waals surface area contributed by atoms with E-state index in [1.165, 1.54) is 142 Å². The number of thiophene rings is 1. The van der Waals surface area contributed by atoms with Crippen LogP contribution in [0.15, 0.2) is 146 Å². The lowest BCUT2D eigenvalue weighted by Crippen LogP contribution is -2.29. The summed E-state index contributed by atoms with van der Waals surface area (Å²) >= 11 is 1.90. The summed E-state index contributed by atoms with van der Waals surface area (Å²) in [7, 11) is 0. The maximum absolute atomic E-state index is 2.50. The molecule has 7 aromatic rings. The summed E-state index contributed by atoms with van der Waals surface area (Å²) in [6, 6.07) is 55.5. The normalized spacial score (nSPS) is 16.8. The molecule has 0 spiro atoms. The molecule has 9 rings (SSSR count). The van der Waals surface area contributed by atoms with Crippen molar-refractivity contribution in [1.29, 1.82) is 0 Å². The third kappa shape index (κ3) is 6.37. The van der Waals surface area contributed by atoms with Crippen molar-refractivity contribution in [2.24, 2.45) is 0 Å². The van der Waals surface area contributed by atoms with Gasteiger partial charge in [-0.15, -0.1) is 11.3 Å². The zero-order valence-corrected chi connectivity index (χ0v) is 31.1. The molecule has 2 saturated carbocycles. The maximum atomic E-state index is 2.50. The Hall–Kier alpha value is -4.66. The van der Waals surface area contributed by atoms with Crippen LogP contribution < -0.4 is 4.90 Å². The number of benzene rings is 6. The van der Waals surface area contributed by atoms with Gasteiger partial charge in [0.1, 0.15) is 0 Å².